The molecule has 3 heteroatoms. The molecule has 0 atom stereocenters. The fraction of sp³-hybridized carbons (Fsp3) is 0. The molecule has 58 valence electrons. The second-order valence-electron chi connectivity index (χ2n) is 1.86. The summed E-state index contributed by atoms with van der Waals surface area (Å²) in [4.78, 5) is 0. The van der Waals surface area contributed by atoms with E-state index in [2.05, 4.69) is 4.42 Å². The normalized spacial score (nSPS) is 8.36. The highest BCUT2D eigenvalue weighted by Crippen LogP contribution is 1.80. The smallest absolute Gasteiger partial charge is 0.0902 e. The minimum atomic E-state index is 1.00. The Morgan fingerprint density at radius 1 is 0.909 bits per heavy atom. The summed E-state index contributed by atoms with van der Waals surface area (Å²) >= 11 is 0. The number of nitrogens with zero attached hydrogens (tertiary/aromatic N) is 1. The van der Waals surface area contributed by atoms with Crippen LogP contribution in [0.1, 0.15) is 0 Å². The topological polar surface area (TPSA) is 38.3 Å². The van der Waals surface area contributed by atoms with Gasteiger partial charge in [-0.1, -0.05) is 0 Å². The van der Waals surface area contributed by atoms with Crippen molar-refractivity contribution in [3.8, 4) is 0 Å². The molecular weight excluding hydrogens is 142 g/mol. The highest BCUT2D eigenvalue weighted by molar-refractivity contribution is 4.86. The summed E-state index contributed by atoms with van der Waals surface area (Å²) in [6, 6.07) is 7.17. The molecule has 0 fully saturated rings. The van der Waals surface area contributed by atoms with Crippen molar-refractivity contribution in [2.75, 3.05) is 0 Å². The first-order chi connectivity index (χ1) is 5.39. The molecule has 0 unspecified atom stereocenters. The SMILES string of the molecule is On1cccc1.c1ccoc1. The van der Waals surface area contributed by atoms with Gasteiger partial charge in [0.2, 0.25) is 0 Å². The average molecular weight is 151 g/mol. The zero-order chi connectivity index (χ0) is 7.94. The monoisotopic (exact) mass is 151 g/mol. The van der Waals surface area contributed by atoms with E-state index in [0.29, 0.717) is 0 Å². The third kappa shape index (κ3) is 3.15. The van der Waals surface area contributed by atoms with E-state index in [9.17, 15) is 0 Å². The number of rotatable bonds is 0. The van der Waals surface area contributed by atoms with Gasteiger partial charge in [0.15, 0.2) is 0 Å². The Morgan fingerprint density at radius 2 is 1.45 bits per heavy atom. The van der Waals surface area contributed by atoms with Gasteiger partial charge in [-0.2, -0.15) is 0 Å². The first-order valence-electron chi connectivity index (χ1n) is 3.19. The second kappa shape index (κ2) is 4.22. The molecule has 11 heavy (non-hydrogen) atoms. The van der Waals surface area contributed by atoms with Crippen LogP contribution in [0.3, 0.4) is 0 Å². The van der Waals surface area contributed by atoms with Gasteiger partial charge < -0.3 is 9.62 Å². The summed E-state index contributed by atoms with van der Waals surface area (Å²) in [5.74, 6) is 0. The molecule has 2 aromatic rings. The highest BCUT2D eigenvalue weighted by atomic mass is 16.5. The molecule has 0 saturated heterocycles. The molecule has 0 aromatic carbocycles. The van der Waals surface area contributed by atoms with Gasteiger partial charge in [-0.15, -0.1) is 0 Å². The predicted molar refractivity (Wildman–Crippen MR) is 40.3 cm³/mol. The lowest BCUT2D eigenvalue weighted by atomic mass is 10.7. The summed E-state index contributed by atoms with van der Waals surface area (Å²) in [5.41, 5.74) is 0. The molecule has 0 radical (unpaired) electrons. The molecule has 2 rings (SSSR count). The van der Waals surface area contributed by atoms with Crippen LogP contribution in [-0.2, 0) is 0 Å². The maximum absolute atomic E-state index is 8.39. The fourth-order valence-corrected chi connectivity index (χ4v) is 0.552. The van der Waals surface area contributed by atoms with Crippen LogP contribution in [0.5, 0.6) is 0 Å². The number of hydrogen-bond acceptors (Lipinski definition) is 2. The molecule has 0 aliphatic rings. The van der Waals surface area contributed by atoms with Gasteiger partial charge in [0.25, 0.3) is 0 Å². The summed E-state index contributed by atoms with van der Waals surface area (Å²) in [6.07, 6.45) is 6.36. The van der Waals surface area contributed by atoms with Crippen molar-refractivity contribution in [1.82, 2.24) is 4.73 Å². The molecule has 1 N–H and O–H groups in total. The minimum Gasteiger partial charge on any atom is -0.473 e. The van der Waals surface area contributed by atoms with E-state index in [4.69, 9.17) is 5.21 Å². The van der Waals surface area contributed by atoms with Gasteiger partial charge >= 0.3 is 0 Å². The van der Waals surface area contributed by atoms with Gasteiger partial charge in [0.1, 0.15) is 0 Å². The molecule has 0 amide bonds. The molecule has 2 aromatic heterocycles. The van der Waals surface area contributed by atoms with Crippen molar-refractivity contribution in [2.45, 2.75) is 0 Å². The summed E-state index contributed by atoms with van der Waals surface area (Å²) in [6.45, 7) is 0. The Kier molecular flexibility index (Phi) is 2.86. The maximum Gasteiger partial charge on any atom is 0.0902 e. The standard InChI is InChI=1S/C4H5NO.C4H4O/c6-5-3-1-2-4-5;1-2-4-5-3-1/h1-4,6H;1-4H. The molecule has 0 saturated carbocycles. The fourth-order valence-electron chi connectivity index (χ4n) is 0.552. The van der Waals surface area contributed by atoms with E-state index < -0.39 is 0 Å². The maximum atomic E-state index is 8.39. The Balaban J connectivity index is 0.000000112. The highest BCUT2D eigenvalue weighted by Gasteiger charge is 1.70. The number of aromatic nitrogens is 1. The van der Waals surface area contributed by atoms with Crippen LogP contribution in [0.15, 0.2) is 53.6 Å². The van der Waals surface area contributed by atoms with E-state index in [-0.39, 0.29) is 0 Å². The van der Waals surface area contributed by atoms with Crippen LogP contribution in [0.2, 0.25) is 0 Å². The lowest BCUT2D eigenvalue weighted by Crippen LogP contribution is -1.78. The Hall–Kier alpha value is -1.64. The first-order valence-corrected chi connectivity index (χ1v) is 3.19. The third-order valence-electron chi connectivity index (χ3n) is 1.01. The van der Waals surface area contributed by atoms with E-state index in [1.807, 2.05) is 12.1 Å². The average Bonchev–Trinajstić information content (AvgIpc) is 2.57. The molecule has 2 heterocycles. The van der Waals surface area contributed by atoms with Gasteiger partial charge in [-0.3, -0.25) is 0 Å². The molecular formula is C8H9NO2. The van der Waals surface area contributed by atoms with Crippen LogP contribution < -0.4 is 0 Å². The zero-order valence-corrected chi connectivity index (χ0v) is 5.92. The number of hydrogen-bond donors (Lipinski definition) is 1. The van der Waals surface area contributed by atoms with E-state index in [0.717, 1.165) is 4.73 Å². The van der Waals surface area contributed by atoms with Gasteiger partial charge in [0, 0.05) is 12.4 Å². The number of furan rings is 1. The summed E-state index contributed by atoms with van der Waals surface area (Å²) < 4.78 is 5.58. The van der Waals surface area contributed by atoms with Crippen molar-refractivity contribution >= 4 is 0 Å². The Morgan fingerprint density at radius 3 is 1.64 bits per heavy atom. The first kappa shape index (κ1) is 7.47. The Labute approximate surface area is 64.5 Å². The van der Waals surface area contributed by atoms with Crippen LogP contribution in [0, 0.1) is 0 Å². The molecule has 0 aliphatic carbocycles. The van der Waals surface area contributed by atoms with Crippen LogP contribution in [0.4, 0.5) is 0 Å². The predicted octanol–water partition coefficient (Wildman–Crippen LogP) is 2.00. The van der Waals surface area contributed by atoms with Crippen molar-refractivity contribution in [3.05, 3.63) is 49.2 Å². The summed E-state index contributed by atoms with van der Waals surface area (Å²) in [7, 11) is 0. The zero-order valence-electron chi connectivity index (χ0n) is 5.92. The minimum absolute atomic E-state index is 1.00. The van der Waals surface area contributed by atoms with E-state index in [1.54, 1.807) is 37.1 Å². The van der Waals surface area contributed by atoms with Crippen LogP contribution in [-0.4, -0.2) is 9.94 Å². The van der Waals surface area contributed by atoms with Crippen LogP contribution >= 0.6 is 0 Å². The van der Waals surface area contributed by atoms with Crippen molar-refractivity contribution in [2.24, 2.45) is 0 Å². The summed E-state index contributed by atoms with van der Waals surface area (Å²) in [5, 5.41) is 8.39. The van der Waals surface area contributed by atoms with Gasteiger partial charge in [-0.25, -0.2) is 4.73 Å². The molecule has 0 bridgehead atoms. The van der Waals surface area contributed by atoms with Crippen molar-refractivity contribution in [1.29, 1.82) is 0 Å². The van der Waals surface area contributed by atoms with Crippen molar-refractivity contribution < 1.29 is 9.62 Å². The molecule has 0 spiro atoms. The molecule has 0 aliphatic heterocycles. The molecule has 3 nitrogen and oxygen atoms in total. The van der Waals surface area contributed by atoms with Crippen molar-refractivity contribution in [3.63, 3.8) is 0 Å². The van der Waals surface area contributed by atoms with Gasteiger partial charge in [0.05, 0.1) is 12.5 Å². The lowest BCUT2D eigenvalue weighted by Gasteiger charge is -1.79. The van der Waals surface area contributed by atoms with E-state index >= 15 is 0 Å². The second-order valence-corrected chi connectivity index (χ2v) is 1.86. The largest absolute Gasteiger partial charge is 0.473 e. The lowest BCUT2D eigenvalue weighted by molar-refractivity contribution is 0.187. The third-order valence-corrected chi connectivity index (χ3v) is 1.01. The quantitative estimate of drug-likeness (QED) is 0.585. The van der Waals surface area contributed by atoms with Crippen LogP contribution in [0.25, 0.3) is 0 Å². The van der Waals surface area contributed by atoms with Gasteiger partial charge in [-0.05, 0) is 24.3 Å². The van der Waals surface area contributed by atoms with E-state index in [1.165, 1.54) is 0 Å². The Bertz CT molecular complexity index is 230.